The number of benzene rings is 1. The Morgan fingerprint density at radius 3 is 2.57 bits per heavy atom. The molecule has 2 N–H and O–H groups in total. The lowest BCUT2D eigenvalue weighted by Gasteiger charge is -2.31. The van der Waals surface area contributed by atoms with Crippen molar-refractivity contribution in [2.75, 3.05) is 26.2 Å². The second kappa shape index (κ2) is 9.50. The number of hydrogen-bond acceptors (Lipinski definition) is 8. The Morgan fingerprint density at radius 2 is 1.83 bits per heavy atom. The third-order valence-electron chi connectivity index (χ3n) is 6.52. The molecule has 0 aliphatic carbocycles. The molecule has 2 fully saturated rings. The number of likely N-dealkylation sites (tertiary alicyclic amines) is 2. The van der Waals surface area contributed by atoms with Crippen LogP contribution in [0.3, 0.4) is 0 Å². The summed E-state index contributed by atoms with van der Waals surface area (Å²) in [5.41, 5.74) is 0.573. The number of piperidine rings is 1. The molecule has 2 aromatic rings. The average molecular weight is 518 g/mol. The molecular formula is C23H23N3O7S2. The third-order valence-corrected chi connectivity index (χ3v) is 8.92. The zero-order chi connectivity index (χ0) is 24.7. The number of thiazole rings is 1. The van der Waals surface area contributed by atoms with Crippen molar-refractivity contribution in [3.63, 3.8) is 0 Å². The van der Waals surface area contributed by atoms with Gasteiger partial charge in [-0.2, -0.15) is 0 Å². The number of nitrogens with one attached hydrogen (secondary N) is 1. The van der Waals surface area contributed by atoms with E-state index in [1.807, 2.05) is 0 Å². The van der Waals surface area contributed by atoms with Crippen LogP contribution in [0.25, 0.3) is 0 Å². The van der Waals surface area contributed by atoms with E-state index in [0.29, 0.717) is 34.3 Å². The first-order chi connectivity index (χ1) is 16.8. The number of carbonyl (C=O) groups is 4. The number of fused-ring (bicyclic) bond motifs is 2. The number of carboxylic acid groups (broad SMARTS) is 1. The second-order valence-electron chi connectivity index (χ2n) is 8.67. The van der Waals surface area contributed by atoms with Gasteiger partial charge in [-0.3, -0.25) is 28.9 Å². The smallest absolute Gasteiger partial charge is 0.323 e. The van der Waals surface area contributed by atoms with E-state index in [1.165, 1.54) is 0 Å². The first-order valence-corrected chi connectivity index (χ1v) is 13.0. The highest BCUT2D eigenvalue weighted by Crippen LogP contribution is 2.53. The normalized spacial score (nSPS) is 23.7. The topological polar surface area (TPSA) is 137 Å². The molecule has 35 heavy (non-hydrogen) atoms. The lowest BCUT2D eigenvalue weighted by molar-refractivity contribution is -0.149. The van der Waals surface area contributed by atoms with Crippen LogP contribution in [-0.2, 0) is 19.2 Å². The fraction of sp³-hybridized carbons (Fsp3) is 0.435. The number of H-pyrrole nitrogens is 1. The summed E-state index contributed by atoms with van der Waals surface area (Å²) in [6, 6.07) is 6.96. The third kappa shape index (κ3) is 4.36. The Kier molecular flexibility index (Phi) is 6.41. The van der Waals surface area contributed by atoms with Crippen LogP contribution in [0.4, 0.5) is 0 Å². The van der Waals surface area contributed by atoms with Gasteiger partial charge in [0.25, 0.3) is 5.91 Å². The fourth-order valence-electron chi connectivity index (χ4n) is 4.94. The summed E-state index contributed by atoms with van der Waals surface area (Å²) in [4.78, 5) is 68.1. The van der Waals surface area contributed by atoms with E-state index >= 15 is 0 Å². The van der Waals surface area contributed by atoms with Gasteiger partial charge in [0.05, 0.1) is 10.9 Å². The Labute approximate surface area is 208 Å². The maximum atomic E-state index is 13.3. The Balaban J connectivity index is 1.49. The van der Waals surface area contributed by atoms with E-state index in [9.17, 15) is 29.1 Å². The standard InChI is InChI=1S/C23H23N3O7S2/c27-14(25-8-4-1-5-9-25)11-33-13-7-3-2-6-12(13)16-17-19(34-20-18(16)35-23(32)24-20)22(31)26(21(17)30)10-15(28)29/h2-3,6-7,16-17,19H,1,4-5,8-11H2,(H,24,32)(H,28,29)/t16-,17?,19?/m0/s1. The van der Waals surface area contributed by atoms with Gasteiger partial charge in [0.15, 0.2) is 6.61 Å². The molecule has 3 aliphatic rings. The Morgan fingerprint density at radius 1 is 1.09 bits per heavy atom. The van der Waals surface area contributed by atoms with Gasteiger partial charge in [-0.05, 0) is 25.3 Å². The number of nitrogens with zero attached hydrogens (tertiary/aromatic N) is 2. The molecule has 2 saturated heterocycles. The molecular weight excluding hydrogens is 494 g/mol. The molecule has 0 radical (unpaired) electrons. The number of carbonyl (C=O) groups excluding carboxylic acids is 3. The van der Waals surface area contributed by atoms with Crippen LogP contribution in [0, 0.1) is 5.92 Å². The van der Waals surface area contributed by atoms with Crippen LogP contribution in [0.2, 0.25) is 0 Å². The number of aliphatic carboxylic acids is 1. The van der Waals surface area contributed by atoms with E-state index < -0.39 is 41.4 Å². The van der Waals surface area contributed by atoms with Crippen LogP contribution >= 0.6 is 23.1 Å². The first kappa shape index (κ1) is 23.6. The number of thioether (sulfide) groups is 1. The molecule has 5 rings (SSSR count). The number of carboxylic acids is 1. The summed E-state index contributed by atoms with van der Waals surface area (Å²) >= 11 is 2.04. The highest BCUT2D eigenvalue weighted by Gasteiger charge is 2.56. The summed E-state index contributed by atoms with van der Waals surface area (Å²) in [6.45, 7) is 0.514. The number of amides is 3. The molecule has 184 valence electrons. The number of imide groups is 1. The number of hydrogen-bond donors (Lipinski definition) is 2. The van der Waals surface area contributed by atoms with Gasteiger partial charge in [-0.25, -0.2) is 0 Å². The lowest BCUT2D eigenvalue weighted by Crippen LogP contribution is -2.38. The Bertz CT molecular complexity index is 1250. The SMILES string of the molecule is O=C(O)CN1C(=O)C2Sc3[nH]c(=O)sc3[C@@H](c3ccccc3OCC(=O)N3CCCCC3)C2C1=O. The minimum absolute atomic E-state index is 0.122. The molecule has 12 heteroatoms. The van der Waals surface area contributed by atoms with Gasteiger partial charge in [0, 0.05) is 29.4 Å². The number of ether oxygens (including phenoxy) is 1. The quantitative estimate of drug-likeness (QED) is 0.550. The summed E-state index contributed by atoms with van der Waals surface area (Å²) in [5, 5.41) is 8.84. The van der Waals surface area contributed by atoms with Crippen molar-refractivity contribution in [3.8, 4) is 5.75 Å². The molecule has 0 saturated carbocycles. The number of aromatic nitrogens is 1. The molecule has 10 nitrogen and oxygen atoms in total. The highest BCUT2D eigenvalue weighted by atomic mass is 32.2. The second-order valence-corrected chi connectivity index (χ2v) is 10.8. The summed E-state index contributed by atoms with van der Waals surface area (Å²) in [5.74, 6) is -3.79. The number of para-hydroxylation sites is 1. The van der Waals surface area contributed by atoms with Gasteiger partial charge in [0.2, 0.25) is 11.8 Å². The van der Waals surface area contributed by atoms with Gasteiger partial charge in [-0.15, -0.1) is 0 Å². The largest absolute Gasteiger partial charge is 0.483 e. The summed E-state index contributed by atoms with van der Waals surface area (Å²) in [6.07, 6.45) is 3.02. The molecule has 1 aromatic carbocycles. The molecule has 0 bridgehead atoms. The van der Waals surface area contributed by atoms with Crippen molar-refractivity contribution in [1.82, 2.24) is 14.8 Å². The number of aromatic amines is 1. The van der Waals surface area contributed by atoms with Crippen LogP contribution in [0.15, 0.2) is 34.1 Å². The monoisotopic (exact) mass is 517 g/mol. The fourth-order valence-corrected chi connectivity index (χ4v) is 7.47. The molecule has 3 amide bonds. The van der Waals surface area contributed by atoms with Gasteiger partial charge < -0.3 is 19.7 Å². The van der Waals surface area contributed by atoms with Crippen molar-refractivity contribution < 1.29 is 29.0 Å². The van der Waals surface area contributed by atoms with Crippen LogP contribution in [0.1, 0.15) is 35.6 Å². The molecule has 4 heterocycles. The van der Waals surface area contributed by atoms with Crippen LogP contribution < -0.4 is 9.61 Å². The number of rotatable bonds is 6. The molecule has 1 aromatic heterocycles. The Hall–Kier alpha value is -3.12. The highest BCUT2D eigenvalue weighted by molar-refractivity contribution is 8.00. The predicted octanol–water partition coefficient (Wildman–Crippen LogP) is 1.50. The van der Waals surface area contributed by atoms with E-state index in [1.54, 1.807) is 29.2 Å². The zero-order valence-electron chi connectivity index (χ0n) is 18.6. The van der Waals surface area contributed by atoms with E-state index in [4.69, 9.17) is 4.74 Å². The van der Waals surface area contributed by atoms with Crippen molar-refractivity contribution in [2.24, 2.45) is 5.92 Å². The molecule has 0 spiro atoms. The maximum absolute atomic E-state index is 13.3. The summed E-state index contributed by atoms with van der Waals surface area (Å²) in [7, 11) is 0. The minimum Gasteiger partial charge on any atom is -0.483 e. The molecule has 3 atom stereocenters. The van der Waals surface area contributed by atoms with E-state index in [-0.39, 0.29) is 17.4 Å². The average Bonchev–Trinajstić information content (AvgIpc) is 3.33. The van der Waals surface area contributed by atoms with Gasteiger partial charge >= 0.3 is 10.8 Å². The molecule has 3 aliphatic heterocycles. The first-order valence-electron chi connectivity index (χ1n) is 11.3. The van der Waals surface area contributed by atoms with E-state index in [0.717, 1.165) is 47.3 Å². The minimum atomic E-state index is -1.28. The zero-order valence-corrected chi connectivity index (χ0v) is 20.2. The van der Waals surface area contributed by atoms with E-state index in [2.05, 4.69) is 4.98 Å². The van der Waals surface area contributed by atoms with Crippen molar-refractivity contribution >= 4 is 46.8 Å². The van der Waals surface area contributed by atoms with Crippen molar-refractivity contribution in [2.45, 2.75) is 35.5 Å². The van der Waals surface area contributed by atoms with Gasteiger partial charge in [0.1, 0.15) is 17.5 Å². The maximum Gasteiger partial charge on any atom is 0.323 e. The van der Waals surface area contributed by atoms with Crippen molar-refractivity contribution in [1.29, 1.82) is 0 Å². The van der Waals surface area contributed by atoms with Crippen molar-refractivity contribution in [3.05, 3.63) is 44.4 Å². The summed E-state index contributed by atoms with van der Waals surface area (Å²) < 4.78 is 5.94. The van der Waals surface area contributed by atoms with Crippen LogP contribution in [0.5, 0.6) is 5.75 Å². The lowest BCUT2D eigenvalue weighted by atomic mass is 9.82. The van der Waals surface area contributed by atoms with Crippen LogP contribution in [-0.4, -0.2) is 75.1 Å². The van der Waals surface area contributed by atoms with Gasteiger partial charge in [-0.1, -0.05) is 41.3 Å². The predicted molar refractivity (Wildman–Crippen MR) is 127 cm³/mol. The molecule has 2 unspecified atom stereocenters.